The lowest BCUT2D eigenvalue weighted by molar-refractivity contribution is 0.315. The lowest BCUT2D eigenvalue weighted by atomic mass is 9.86. The van der Waals surface area contributed by atoms with Gasteiger partial charge in [0.25, 0.3) is 0 Å². The molecular formula is C11H23NS. The lowest BCUT2D eigenvalue weighted by Gasteiger charge is -2.23. The molecule has 0 aromatic rings. The Morgan fingerprint density at radius 2 is 2.31 bits per heavy atom. The molecule has 1 nitrogen and oxygen atoms in total. The van der Waals surface area contributed by atoms with Crippen molar-refractivity contribution in [2.75, 3.05) is 18.6 Å². The highest BCUT2D eigenvalue weighted by Crippen LogP contribution is 2.41. The van der Waals surface area contributed by atoms with Crippen LogP contribution in [0.4, 0.5) is 0 Å². The molecule has 1 saturated carbocycles. The quantitative estimate of drug-likeness (QED) is 0.734. The normalized spacial score (nSPS) is 33.9. The highest BCUT2D eigenvalue weighted by atomic mass is 32.2. The summed E-state index contributed by atoms with van der Waals surface area (Å²) in [7, 11) is 0. The molecule has 2 atom stereocenters. The van der Waals surface area contributed by atoms with E-state index in [1.54, 1.807) is 0 Å². The molecule has 2 heteroatoms. The molecule has 0 heterocycles. The van der Waals surface area contributed by atoms with Gasteiger partial charge in [0.2, 0.25) is 0 Å². The molecule has 13 heavy (non-hydrogen) atoms. The van der Waals surface area contributed by atoms with E-state index in [0.717, 1.165) is 12.6 Å². The Hall–Kier alpha value is 0.310. The van der Waals surface area contributed by atoms with Gasteiger partial charge in [0.05, 0.1) is 0 Å². The summed E-state index contributed by atoms with van der Waals surface area (Å²) in [6.45, 7) is 5.79. The maximum absolute atomic E-state index is 3.57. The van der Waals surface area contributed by atoms with Crippen LogP contribution in [0.2, 0.25) is 0 Å². The minimum atomic E-state index is 0.635. The van der Waals surface area contributed by atoms with Crippen LogP contribution >= 0.6 is 11.8 Å². The van der Waals surface area contributed by atoms with Crippen molar-refractivity contribution in [3.8, 4) is 0 Å². The van der Waals surface area contributed by atoms with Crippen molar-refractivity contribution < 1.29 is 0 Å². The van der Waals surface area contributed by atoms with E-state index in [1.165, 1.54) is 31.4 Å². The molecule has 78 valence electrons. The first-order valence-electron chi connectivity index (χ1n) is 5.42. The molecule has 1 aliphatic carbocycles. The molecule has 0 aromatic heterocycles. The molecule has 0 amide bonds. The largest absolute Gasteiger partial charge is 0.314 e. The van der Waals surface area contributed by atoms with E-state index >= 15 is 0 Å². The van der Waals surface area contributed by atoms with Gasteiger partial charge in [-0.25, -0.2) is 0 Å². The van der Waals surface area contributed by atoms with Crippen LogP contribution in [0, 0.1) is 5.41 Å². The van der Waals surface area contributed by atoms with Crippen molar-refractivity contribution in [2.24, 2.45) is 5.41 Å². The van der Waals surface area contributed by atoms with Crippen LogP contribution in [0.25, 0.3) is 0 Å². The standard InChI is InChI=1S/C11H23NS/c1-4-12-10-5-6-11(2,9-10)7-8-13-3/h10,12H,4-9H2,1-3H3. The minimum absolute atomic E-state index is 0.635. The summed E-state index contributed by atoms with van der Waals surface area (Å²) in [4.78, 5) is 0. The fourth-order valence-electron chi connectivity index (χ4n) is 2.36. The predicted octanol–water partition coefficient (Wildman–Crippen LogP) is 2.91. The van der Waals surface area contributed by atoms with Crippen LogP contribution < -0.4 is 5.32 Å². The van der Waals surface area contributed by atoms with Crippen molar-refractivity contribution in [1.82, 2.24) is 5.32 Å². The number of hydrogen-bond acceptors (Lipinski definition) is 2. The minimum Gasteiger partial charge on any atom is -0.314 e. The van der Waals surface area contributed by atoms with Crippen molar-refractivity contribution in [3.05, 3.63) is 0 Å². The van der Waals surface area contributed by atoms with Crippen LogP contribution in [-0.4, -0.2) is 24.6 Å². The first-order valence-corrected chi connectivity index (χ1v) is 6.82. The molecule has 1 fully saturated rings. The molecule has 2 unspecified atom stereocenters. The predicted molar refractivity (Wildman–Crippen MR) is 62.4 cm³/mol. The van der Waals surface area contributed by atoms with Gasteiger partial charge < -0.3 is 5.32 Å². The molecule has 0 saturated heterocycles. The third-order valence-corrected chi connectivity index (χ3v) is 3.85. The van der Waals surface area contributed by atoms with Crippen molar-refractivity contribution in [1.29, 1.82) is 0 Å². The number of thioether (sulfide) groups is 1. The van der Waals surface area contributed by atoms with Crippen LogP contribution in [0.3, 0.4) is 0 Å². The van der Waals surface area contributed by atoms with Gasteiger partial charge in [-0.1, -0.05) is 13.8 Å². The molecule has 0 aliphatic heterocycles. The zero-order valence-corrected chi connectivity index (χ0v) is 10.0. The third-order valence-electron chi connectivity index (χ3n) is 3.24. The van der Waals surface area contributed by atoms with Gasteiger partial charge in [-0.05, 0) is 49.7 Å². The van der Waals surface area contributed by atoms with Crippen LogP contribution in [0.5, 0.6) is 0 Å². The molecule has 0 aromatic carbocycles. The van der Waals surface area contributed by atoms with Gasteiger partial charge in [0, 0.05) is 6.04 Å². The third kappa shape index (κ3) is 3.51. The van der Waals surface area contributed by atoms with E-state index in [-0.39, 0.29) is 0 Å². The van der Waals surface area contributed by atoms with Crippen molar-refractivity contribution in [3.63, 3.8) is 0 Å². The summed E-state index contributed by atoms with van der Waals surface area (Å²) in [6.07, 6.45) is 7.81. The summed E-state index contributed by atoms with van der Waals surface area (Å²) in [5, 5.41) is 3.57. The van der Waals surface area contributed by atoms with Gasteiger partial charge in [-0.2, -0.15) is 11.8 Å². The fourth-order valence-corrected chi connectivity index (χ4v) is 3.06. The topological polar surface area (TPSA) is 12.0 Å². The second-order valence-corrected chi connectivity index (χ2v) is 5.54. The van der Waals surface area contributed by atoms with Gasteiger partial charge >= 0.3 is 0 Å². The smallest absolute Gasteiger partial charge is 0.00723 e. The second-order valence-electron chi connectivity index (χ2n) is 4.55. The van der Waals surface area contributed by atoms with Crippen molar-refractivity contribution in [2.45, 2.75) is 45.6 Å². The zero-order chi connectivity index (χ0) is 9.73. The van der Waals surface area contributed by atoms with E-state index in [1.807, 2.05) is 11.8 Å². The molecular weight excluding hydrogens is 178 g/mol. The number of hydrogen-bond donors (Lipinski definition) is 1. The SMILES string of the molecule is CCNC1CCC(C)(CCSC)C1. The summed E-state index contributed by atoms with van der Waals surface area (Å²) in [5.74, 6) is 1.33. The highest BCUT2D eigenvalue weighted by molar-refractivity contribution is 7.98. The van der Waals surface area contributed by atoms with Gasteiger partial charge in [0.1, 0.15) is 0 Å². The molecule has 1 N–H and O–H groups in total. The Morgan fingerprint density at radius 1 is 1.54 bits per heavy atom. The molecule has 1 aliphatic rings. The first-order chi connectivity index (χ1) is 6.20. The second kappa shape index (κ2) is 5.26. The fraction of sp³-hybridized carbons (Fsp3) is 1.00. The number of rotatable bonds is 5. The van der Waals surface area contributed by atoms with E-state index in [2.05, 4.69) is 25.4 Å². The number of nitrogens with one attached hydrogen (secondary N) is 1. The van der Waals surface area contributed by atoms with E-state index in [9.17, 15) is 0 Å². The van der Waals surface area contributed by atoms with Crippen LogP contribution in [-0.2, 0) is 0 Å². The highest BCUT2D eigenvalue weighted by Gasteiger charge is 2.33. The van der Waals surface area contributed by atoms with Crippen LogP contribution in [0.15, 0.2) is 0 Å². The Kier molecular flexibility index (Phi) is 4.60. The van der Waals surface area contributed by atoms with Gasteiger partial charge in [0.15, 0.2) is 0 Å². The van der Waals surface area contributed by atoms with E-state index in [0.29, 0.717) is 5.41 Å². The van der Waals surface area contributed by atoms with E-state index < -0.39 is 0 Å². The first kappa shape index (κ1) is 11.4. The Labute approximate surface area is 87.1 Å². The maximum Gasteiger partial charge on any atom is 0.00723 e. The Bertz CT molecular complexity index is 149. The van der Waals surface area contributed by atoms with Gasteiger partial charge in [-0.3, -0.25) is 0 Å². The average Bonchev–Trinajstić information content (AvgIpc) is 2.46. The maximum atomic E-state index is 3.57. The lowest BCUT2D eigenvalue weighted by Crippen LogP contribution is -2.27. The Morgan fingerprint density at radius 3 is 2.92 bits per heavy atom. The Balaban J connectivity index is 2.28. The van der Waals surface area contributed by atoms with Crippen LogP contribution in [0.1, 0.15) is 39.5 Å². The van der Waals surface area contributed by atoms with Gasteiger partial charge in [-0.15, -0.1) is 0 Å². The van der Waals surface area contributed by atoms with Crippen molar-refractivity contribution >= 4 is 11.8 Å². The van der Waals surface area contributed by atoms with E-state index in [4.69, 9.17) is 0 Å². The molecule has 1 rings (SSSR count). The molecule has 0 bridgehead atoms. The molecule has 0 spiro atoms. The average molecular weight is 201 g/mol. The molecule has 0 radical (unpaired) electrons. The summed E-state index contributed by atoms with van der Waals surface area (Å²) in [6, 6.07) is 0.803. The zero-order valence-electron chi connectivity index (χ0n) is 9.23. The summed E-state index contributed by atoms with van der Waals surface area (Å²) >= 11 is 1.98. The summed E-state index contributed by atoms with van der Waals surface area (Å²) < 4.78 is 0. The monoisotopic (exact) mass is 201 g/mol. The summed E-state index contributed by atoms with van der Waals surface area (Å²) in [5.41, 5.74) is 0.635.